The van der Waals surface area contributed by atoms with Crippen LogP contribution in [0.15, 0.2) is 24.3 Å². The van der Waals surface area contributed by atoms with E-state index in [0.717, 1.165) is 37.9 Å². The molecule has 1 aromatic carbocycles. The number of likely N-dealkylation sites (tertiary alicyclic amines) is 1. The third kappa shape index (κ3) is 3.09. The summed E-state index contributed by atoms with van der Waals surface area (Å²) in [6.45, 7) is 2.30. The Labute approximate surface area is 108 Å². The second kappa shape index (κ2) is 5.98. The van der Waals surface area contributed by atoms with Gasteiger partial charge in [0.05, 0.1) is 6.04 Å². The average Bonchev–Trinajstić information content (AvgIpc) is 2.40. The van der Waals surface area contributed by atoms with Crippen LogP contribution in [0.3, 0.4) is 0 Å². The van der Waals surface area contributed by atoms with Crippen LogP contribution in [0.25, 0.3) is 0 Å². The van der Waals surface area contributed by atoms with Crippen molar-refractivity contribution in [2.75, 3.05) is 6.54 Å². The highest BCUT2D eigenvalue weighted by Gasteiger charge is 2.26. The summed E-state index contributed by atoms with van der Waals surface area (Å²) in [5, 5.41) is 0. The lowest BCUT2D eigenvalue weighted by molar-refractivity contribution is -0.124. The van der Waals surface area contributed by atoms with Crippen molar-refractivity contribution in [2.24, 2.45) is 11.5 Å². The molecule has 98 valence electrons. The standard InChI is InChI=1S/C14H21N3O/c15-9-11-4-6-12(7-5-11)10-17-8-2-1-3-13(17)14(16)18/h4-7,13H,1-3,8-10,15H2,(H2,16,18). The van der Waals surface area contributed by atoms with Crippen molar-refractivity contribution in [1.29, 1.82) is 0 Å². The fourth-order valence-electron chi connectivity index (χ4n) is 2.52. The summed E-state index contributed by atoms with van der Waals surface area (Å²) < 4.78 is 0. The lowest BCUT2D eigenvalue weighted by atomic mass is 10.0. The van der Waals surface area contributed by atoms with Gasteiger partial charge in [-0.1, -0.05) is 30.7 Å². The van der Waals surface area contributed by atoms with E-state index in [2.05, 4.69) is 17.0 Å². The summed E-state index contributed by atoms with van der Waals surface area (Å²) in [7, 11) is 0. The van der Waals surface area contributed by atoms with Gasteiger partial charge in [0.2, 0.25) is 5.91 Å². The molecule has 4 heteroatoms. The monoisotopic (exact) mass is 247 g/mol. The van der Waals surface area contributed by atoms with E-state index >= 15 is 0 Å². The van der Waals surface area contributed by atoms with E-state index in [4.69, 9.17) is 11.5 Å². The van der Waals surface area contributed by atoms with E-state index in [1.807, 2.05) is 12.1 Å². The molecular weight excluding hydrogens is 226 g/mol. The normalized spacial score (nSPS) is 20.8. The van der Waals surface area contributed by atoms with Gasteiger partial charge in [0.25, 0.3) is 0 Å². The molecule has 0 radical (unpaired) electrons. The maximum atomic E-state index is 11.4. The van der Waals surface area contributed by atoms with Crippen molar-refractivity contribution in [2.45, 2.75) is 38.4 Å². The number of amides is 1. The number of hydrogen-bond donors (Lipinski definition) is 2. The first-order valence-electron chi connectivity index (χ1n) is 6.52. The molecule has 1 aliphatic rings. The molecule has 0 spiro atoms. The Hall–Kier alpha value is -1.39. The first-order chi connectivity index (χ1) is 8.70. The van der Waals surface area contributed by atoms with Crippen LogP contribution in [0.5, 0.6) is 0 Å². The maximum Gasteiger partial charge on any atom is 0.234 e. The molecule has 1 saturated heterocycles. The molecule has 0 aliphatic carbocycles. The highest BCUT2D eigenvalue weighted by molar-refractivity contribution is 5.79. The third-order valence-electron chi connectivity index (χ3n) is 3.59. The van der Waals surface area contributed by atoms with E-state index in [1.165, 1.54) is 5.56 Å². The molecule has 18 heavy (non-hydrogen) atoms. The Kier molecular flexibility index (Phi) is 4.33. The van der Waals surface area contributed by atoms with Crippen LogP contribution < -0.4 is 11.5 Å². The van der Waals surface area contributed by atoms with E-state index in [9.17, 15) is 4.79 Å². The lowest BCUT2D eigenvalue weighted by Crippen LogP contribution is -2.47. The summed E-state index contributed by atoms with van der Waals surface area (Å²) in [5.74, 6) is -0.201. The van der Waals surface area contributed by atoms with Crippen LogP contribution in [-0.2, 0) is 17.9 Å². The van der Waals surface area contributed by atoms with Gasteiger partial charge in [0.1, 0.15) is 0 Å². The fourth-order valence-corrected chi connectivity index (χ4v) is 2.52. The van der Waals surface area contributed by atoms with Gasteiger partial charge in [-0.15, -0.1) is 0 Å². The summed E-state index contributed by atoms with van der Waals surface area (Å²) in [6, 6.07) is 8.13. The van der Waals surface area contributed by atoms with Gasteiger partial charge in [0.15, 0.2) is 0 Å². The van der Waals surface area contributed by atoms with Gasteiger partial charge in [-0.25, -0.2) is 0 Å². The molecule has 1 unspecified atom stereocenters. The van der Waals surface area contributed by atoms with E-state index in [-0.39, 0.29) is 11.9 Å². The smallest absolute Gasteiger partial charge is 0.234 e. The number of primary amides is 1. The Morgan fingerprint density at radius 1 is 1.22 bits per heavy atom. The van der Waals surface area contributed by atoms with Gasteiger partial charge in [-0.2, -0.15) is 0 Å². The van der Waals surface area contributed by atoms with Gasteiger partial charge >= 0.3 is 0 Å². The zero-order chi connectivity index (χ0) is 13.0. The molecule has 1 aliphatic heterocycles. The molecule has 0 saturated carbocycles. The summed E-state index contributed by atoms with van der Waals surface area (Å²) >= 11 is 0. The molecule has 1 amide bonds. The summed E-state index contributed by atoms with van der Waals surface area (Å²) in [5.41, 5.74) is 13.4. The van der Waals surface area contributed by atoms with E-state index < -0.39 is 0 Å². The minimum absolute atomic E-state index is 0.104. The van der Waals surface area contributed by atoms with Crippen LogP contribution in [-0.4, -0.2) is 23.4 Å². The molecule has 4 nitrogen and oxygen atoms in total. The molecule has 1 heterocycles. The van der Waals surface area contributed by atoms with Crippen molar-refractivity contribution >= 4 is 5.91 Å². The van der Waals surface area contributed by atoms with Crippen molar-refractivity contribution in [3.8, 4) is 0 Å². The first kappa shape index (κ1) is 13.1. The maximum absolute atomic E-state index is 11.4. The zero-order valence-corrected chi connectivity index (χ0v) is 10.6. The van der Waals surface area contributed by atoms with Crippen LogP contribution >= 0.6 is 0 Å². The average molecular weight is 247 g/mol. The first-order valence-corrected chi connectivity index (χ1v) is 6.52. The van der Waals surface area contributed by atoms with Crippen molar-refractivity contribution in [3.05, 3.63) is 35.4 Å². The number of piperidine rings is 1. The predicted molar refractivity (Wildman–Crippen MR) is 71.6 cm³/mol. The largest absolute Gasteiger partial charge is 0.368 e. The number of nitrogens with two attached hydrogens (primary N) is 2. The molecule has 2 rings (SSSR count). The van der Waals surface area contributed by atoms with Crippen LogP contribution in [0, 0.1) is 0 Å². The van der Waals surface area contributed by atoms with Crippen LogP contribution in [0.2, 0.25) is 0 Å². The molecule has 1 aromatic rings. The minimum atomic E-state index is -0.201. The summed E-state index contributed by atoms with van der Waals surface area (Å²) in [6.07, 6.45) is 3.12. The minimum Gasteiger partial charge on any atom is -0.368 e. The molecular formula is C14H21N3O. The highest BCUT2D eigenvalue weighted by Crippen LogP contribution is 2.19. The number of hydrogen-bond acceptors (Lipinski definition) is 3. The van der Waals surface area contributed by atoms with Crippen molar-refractivity contribution < 1.29 is 4.79 Å². The SMILES string of the molecule is NCc1ccc(CN2CCCCC2C(N)=O)cc1. The molecule has 1 fully saturated rings. The Balaban J connectivity index is 2.03. The van der Waals surface area contributed by atoms with Gasteiger partial charge < -0.3 is 11.5 Å². The second-order valence-corrected chi connectivity index (χ2v) is 4.91. The van der Waals surface area contributed by atoms with E-state index in [0.29, 0.717) is 6.54 Å². The fraction of sp³-hybridized carbons (Fsp3) is 0.500. The molecule has 0 aromatic heterocycles. The quantitative estimate of drug-likeness (QED) is 0.833. The predicted octanol–water partition coefficient (Wildman–Crippen LogP) is 0.985. The van der Waals surface area contributed by atoms with Gasteiger partial charge in [0, 0.05) is 13.1 Å². The Morgan fingerprint density at radius 3 is 2.50 bits per heavy atom. The van der Waals surface area contributed by atoms with Gasteiger partial charge in [-0.3, -0.25) is 9.69 Å². The Morgan fingerprint density at radius 2 is 1.89 bits per heavy atom. The highest BCUT2D eigenvalue weighted by atomic mass is 16.1. The van der Waals surface area contributed by atoms with Crippen LogP contribution in [0.1, 0.15) is 30.4 Å². The van der Waals surface area contributed by atoms with Gasteiger partial charge in [-0.05, 0) is 30.5 Å². The zero-order valence-electron chi connectivity index (χ0n) is 10.6. The van der Waals surface area contributed by atoms with E-state index in [1.54, 1.807) is 0 Å². The Bertz CT molecular complexity index is 402. The third-order valence-corrected chi connectivity index (χ3v) is 3.59. The second-order valence-electron chi connectivity index (χ2n) is 4.91. The molecule has 4 N–H and O–H groups in total. The lowest BCUT2D eigenvalue weighted by Gasteiger charge is -2.33. The van der Waals surface area contributed by atoms with Crippen molar-refractivity contribution in [3.63, 3.8) is 0 Å². The number of carbonyl (C=O) groups excluding carboxylic acids is 1. The number of benzene rings is 1. The number of carbonyl (C=O) groups is 1. The van der Waals surface area contributed by atoms with Crippen molar-refractivity contribution in [1.82, 2.24) is 4.90 Å². The summed E-state index contributed by atoms with van der Waals surface area (Å²) in [4.78, 5) is 13.6. The molecule has 0 bridgehead atoms. The number of rotatable bonds is 4. The molecule has 1 atom stereocenters. The van der Waals surface area contributed by atoms with Crippen LogP contribution in [0.4, 0.5) is 0 Å². The number of nitrogens with zero attached hydrogens (tertiary/aromatic N) is 1. The topological polar surface area (TPSA) is 72.3 Å².